The van der Waals surface area contributed by atoms with E-state index in [1.54, 1.807) is 0 Å². The molecule has 1 heterocycles. The highest BCUT2D eigenvalue weighted by molar-refractivity contribution is 5.47. The van der Waals surface area contributed by atoms with Crippen LogP contribution in [0.4, 0.5) is 11.6 Å². The number of hydrogen-bond acceptors (Lipinski definition) is 5. The number of nitrogens with one attached hydrogen (secondary N) is 2. The van der Waals surface area contributed by atoms with Gasteiger partial charge < -0.3 is 10.7 Å². The Labute approximate surface area is 109 Å². The molecule has 0 aliphatic heterocycles. The molecule has 1 aromatic rings. The maximum Gasteiger partial charge on any atom is 0.145 e. The number of rotatable bonds is 4. The van der Waals surface area contributed by atoms with Crippen molar-refractivity contribution in [2.75, 3.05) is 10.7 Å². The van der Waals surface area contributed by atoms with Crippen LogP contribution in [0.15, 0.2) is 6.07 Å². The third-order valence-electron chi connectivity index (χ3n) is 3.60. The molecule has 1 aliphatic carbocycles. The lowest BCUT2D eigenvalue weighted by molar-refractivity contribution is 0.554. The molecule has 0 amide bonds. The highest BCUT2D eigenvalue weighted by Crippen LogP contribution is 2.28. The predicted octanol–water partition coefficient (Wildman–Crippen LogP) is 2.49. The van der Waals surface area contributed by atoms with Gasteiger partial charge in [-0.05, 0) is 18.8 Å². The molecule has 100 valence electrons. The second kappa shape index (κ2) is 5.52. The van der Waals surface area contributed by atoms with Crippen LogP contribution in [0, 0.1) is 5.92 Å². The van der Waals surface area contributed by atoms with Crippen molar-refractivity contribution in [3.63, 3.8) is 0 Å². The summed E-state index contributed by atoms with van der Waals surface area (Å²) in [6.45, 7) is 6.45. The molecule has 0 radical (unpaired) electrons. The van der Waals surface area contributed by atoms with Crippen molar-refractivity contribution in [1.29, 1.82) is 0 Å². The highest BCUT2D eigenvalue weighted by atomic mass is 15.3. The molecule has 0 bridgehead atoms. The molecule has 2 unspecified atom stereocenters. The molecule has 1 aromatic heterocycles. The molecule has 18 heavy (non-hydrogen) atoms. The van der Waals surface area contributed by atoms with Crippen LogP contribution in [0.1, 0.15) is 51.8 Å². The number of hydrogen-bond donors (Lipinski definition) is 3. The van der Waals surface area contributed by atoms with Crippen molar-refractivity contribution in [3.05, 3.63) is 11.9 Å². The topological polar surface area (TPSA) is 75.9 Å². The van der Waals surface area contributed by atoms with Crippen LogP contribution in [-0.4, -0.2) is 16.0 Å². The van der Waals surface area contributed by atoms with E-state index in [0.29, 0.717) is 23.7 Å². The number of nitrogens with zero attached hydrogens (tertiary/aromatic N) is 2. The first kappa shape index (κ1) is 13.1. The first-order chi connectivity index (χ1) is 8.60. The number of aromatic nitrogens is 2. The van der Waals surface area contributed by atoms with E-state index < -0.39 is 0 Å². The Balaban J connectivity index is 2.18. The fourth-order valence-corrected chi connectivity index (χ4v) is 2.42. The van der Waals surface area contributed by atoms with Crippen molar-refractivity contribution < 1.29 is 0 Å². The highest BCUT2D eigenvalue weighted by Gasteiger charge is 2.23. The van der Waals surface area contributed by atoms with Crippen LogP contribution in [-0.2, 0) is 0 Å². The zero-order chi connectivity index (χ0) is 13.1. The third kappa shape index (κ3) is 2.90. The Morgan fingerprint density at radius 1 is 1.28 bits per heavy atom. The SMILES string of the molecule is CC(C)c1nc(NN)cc(NC2CCCC2C)n1. The fraction of sp³-hybridized carbons (Fsp3) is 0.692. The summed E-state index contributed by atoms with van der Waals surface area (Å²) in [6, 6.07) is 2.39. The molecule has 5 heteroatoms. The second-order valence-electron chi connectivity index (χ2n) is 5.45. The standard InChI is InChI=1S/C13H23N5/c1-8(2)13-16-11(7-12(17-13)18-14)15-10-6-4-5-9(10)3/h7-10H,4-6,14H2,1-3H3,(H2,15,16,17,18). The van der Waals surface area contributed by atoms with E-state index in [4.69, 9.17) is 5.84 Å². The summed E-state index contributed by atoms with van der Waals surface area (Å²) >= 11 is 0. The maximum absolute atomic E-state index is 5.46. The molecule has 1 saturated carbocycles. The molecule has 1 fully saturated rings. The number of nitrogens with two attached hydrogens (primary N) is 1. The van der Waals surface area contributed by atoms with Gasteiger partial charge in [-0.25, -0.2) is 15.8 Å². The van der Waals surface area contributed by atoms with Gasteiger partial charge in [-0.1, -0.05) is 27.2 Å². The summed E-state index contributed by atoms with van der Waals surface area (Å²) in [5, 5.41) is 3.51. The summed E-state index contributed by atoms with van der Waals surface area (Å²) in [6.07, 6.45) is 3.80. The van der Waals surface area contributed by atoms with Crippen molar-refractivity contribution in [2.24, 2.45) is 11.8 Å². The van der Waals surface area contributed by atoms with Gasteiger partial charge in [0.2, 0.25) is 0 Å². The van der Waals surface area contributed by atoms with Crippen LogP contribution in [0.5, 0.6) is 0 Å². The van der Waals surface area contributed by atoms with Gasteiger partial charge in [-0.2, -0.15) is 0 Å². The van der Waals surface area contributed by atoms with E-state index in [9.17, 15) is 0 Å². The average molecular weight is 249 g/mol. The number of nitrogen functional groups attached to an aromatic ring is 1. The minimum absolute atomic E-state index is 0.292. The Kier molecular flexibility index (Phi) is 4.01. The Bertz CT molecular complexity index is 404. The zero-order valence-corrected chi connectivity index (χ0v) is 11.4. The zero-order valence-electron chi connectivity index (χ0n) is 11.4. The Morgan fingerprint density at radius 2 is 2.00 bits per heavy atom. The van der Waals surface area contributed by atoms with E-state index in [0.717, 1.165) is 11.6 Å². The third-order valence-corrected chi connectivity index (χ3v) is 3.60. The summed E-state index contributed by atoms with van der Waals surface area (Å²) < 4.78 is 0. The van der Waals surface area contributed by atoms with Crippen LogP contribution >= 0.6 is 0 Å². The van der Waals surface area contributed by atoms with Crippen molar-refractivity contribution in [2.45, 2.75) is 52.0 Å². The quantitative estimate of drug-likeness (QED) is 0.564. The minimum atomic E-state index is 0.292. The van der Waals surface area contributed by atoms with E-state index in [1.807, 2.05) is 6.07 Å². The lowest BCUT2D eigenvalue weighted by Gasteiger charge is -2.19. The van der Waals surface area contributed by atoms with E-state index >= 15 is 0 Å². The maximum atomic E-state index is 5.46. The summed E-state index contributed by atoms with van der Waals surface area (Å²) in [5.41, 5.74) is 2.61. The first-order valence-electron chi connectivity index (χ1n) is 6.72. The summed E-state index contributed by atoms with van der Waals surface area (Å²) in [4.78, 5) is 8.92. The molecule has 5 nitrogen and oxygen atoms in total. The lowest BCUT2D eigenvalue weighted by atomic mass is 10.1. The molecule has 2 atom stereocenters. The van der Waals surface area contributed by atoms with Crippen LogP contribution in [0.2, 0.25) is 0 Å². The molecule has 4 N–H and O–H groups in total. The fourth-order valence-electron chi connectivity index (χ4n) is 2.42. The molecule has 1 aliphatic rings. The molecule has 2 rings (SSSR count). The van der Waals surface area contributed by atoms with E-state index in [2.05, 4.69) is 41.5 Å². The normalized spacial score (nSPS) is 23.4. The largest absolute Gasteiger partial charge is 0.367 e. The second-order valence-corrected chi connectivity index (χ2v) is 5.45. The van der Waals surface area contributed by atoms with Gasteiger partial charge in [0.1, 0.15) is 17.5 Å². The van der Waals surface area contributed by atoms with Crippen LogP contribution < -0.4 is 16.6 Å². The molecule has 0 saturated heterocycles. The number of anilines is 2. The van der Waals surface area contributed by atoms with Gasteiger partial charge in [0.05, 0.1) is 0 Å². The lowest BCUT2D eigenvalue weighted by Crippen LogP contribution is -2.23. The molecule has 0 spiro atoms. The van der Waals surface area contributed by atoms with Gasteiger partial charge in [0, 0.05) is 18.0 Å². The van der Waals surface area contributed by atoms with E-state index in [-0.39, 0.29) is 0 Å². The van der Waals surface area contributed by atoms with Crippen LogP contribution in [0.3, 0.4) is 0 Å². The number of hydrazine groups is 1. The Morgan fingerprint density at radius 3 is 2.56 bits per heavy atom. The van der Waals surface area contributed by atoms with Crippen molar-refractivity contribution >= 4 is 11.6 Å². The van der Waals surface area contributed by atoms with Crippen molar-refractivity contribution in [3.8, 4) is 0 Å². The van der Waals surface area contributed by atoms with Gasteiger partial charge in [0.15, 0.2) is 0 Å². The Hall–Kier alpha value is -1.36. The van der Waals surface area contributed by atoms with Crippen molar-refractivity contribution in [1.82, 2.24) is 9.97 Å². The first-order valence-corrected chi connectivity index (χ1v) is 6.72. The van der Waals surface area contributed by atoms with Gasteiger partial charge >= 0.3 is 0 Å². The molecule has 0 aromatic carbocycles. The smallest absolute Gasteiger partial charge is 0.145 e. The monoisotopic (exact) mass is 249 g/mol. The average Bonchev–Trinajstić information content (AvgIpc) is 2.74. The summed E-state index contributed by atoms with van der Waals surface area (Å²) in [7, 11) is 0. The van der Waals surface area contributed by atoms with Gasteiger partial charge in [-0.15, -0.1) is 0 Å². The van der Waals surface area contributed by atoms with Gasteiger partial charge in [0.25, 0.3) is 0 Å². The predicted molar refractivity (Wildman–Crippen MR) is 74.4 cm³/mol. The molecular weight excluding hydrogens is 226 g/mol. The molecular formula is C13H23N5. The summed E-state index contributed by atoms with van der Waals surface area (Å²) in [5.74, 6) is 8.81. The van der Waals surface area contributed by atoms with Gasteiger partial charge in [-0.3, -0.25) is 0 Å². The van der Waals surface area contributed by atoms with Crippen LogP contribution in [0.25, 0.3) is 0 Å². The minimum Gasteiger partial charge on any atom is -0.367 e. The van der Waals surface area contributed by atoms with E-state index in [1.165, 1.54) is 19.3 Å².